The highest BCUT2D eigenvalue weighted by atomic mass is 35.5. The minimum Gasteiger partial charge on any atom is -0.412 e. The topological polar surface area (TPSA) is 150 Å². The second kappa shape index (κ2) is 19.3. The molecule has 1 aliphatic heterocycles. The van der Waals surface area contributed by atoms with Gasteiger partial charge in [-0.25, -0.2) is 0 Å². The van der Waals surface area contributed by atoms with Gasteiger partial charge in [0.1, 0.15) is 0 Å². The molecule has 3 aliphatic rings. The molecule has 7 nitrogen and oxygen atoms in total. The van der Waals surface area contributed by atoms with Crippen LogP contribution in [0.25, 0.3) is 0 Å². The summed E-state index contributed by atoms with van der Waals surface area (Å²) in [5.41, 5.74) is 1.88. The molecule has 0 aromatic rings. The van der Waals surface area contributed by atoms with E-state index in [-0.39, 0.29) is 29.3 Å². The fourth-order valence-corrected chi connectivity index (χ4v) is 6.38. The van der Waals surface area contributed by atoms with Crippen molar-refractivity contribution in [2.45, 2.75) is 79.2 Å². The lowest BCUT2D eigenvalue weighted by Gasteiger charge is -2.49. The molecule has 0 saturated carbocycles. The molecule has 8 heteroatoms. The standard InChI is InChI=1S/C27H45ClN2O.CH4.4H2O/c1-5-7-25(29-17-21-8-6-9-22(16-21)19-31-4)18-30-15-14-26(27(2,3)20-30)23-10-12-24(28)13-11-23;;;;;/h6,8-9,12,22-23,25-26,29H,5,7,10-11,13-20H2,1-4H3;1H4;4*1H2/t22?,23?,25-,26?;;;;;/m1...../s1. The predicted molar refractivity (Wildman–Crippen MR) is 155 cm³/mol. The van der Waals surface area contributed by atoms with Crippen molar-refractivity contribution in [2.24, 2.45) is 23.2 Å². The molecule has 1 fully saturated rings. The third kappa shape index (κ3) is 11.7. The summed E-state index contributed by atoms with van der Waals surface area (Å²) in [5.74, 6) is 2.16. The predicted octanol–water partition coefficient (Wildman–Crippen LogP) is 3.50. The van der Waals surface area contributed by atoms with E-state index < -0.39 is 0 Å². The molecule has 3 rings (SSSR count). The summed E-state index contributed by atoms with van der Waals surface area (Å²) < 4.78 is 5.36. The Hall–Kier alpha value is -0.770. The lowest BCUT2D eigenvalue weighted by atomic mass is 9.65. The average Bonchev–Trinajstić information content (AvgIpc) is 2.73. The van der Waals surface area contributed by atoms with Crippen molar-refractivity contribution < 1.29 is 26.6 Å². The number of rotatable bonds is 10. The Kier molecular flexibility index (Phi) is 21.3. The van der Waals surface area contributed by atoms with Crippen molar-refractivity contribution in [3.8, 4) is 0 Å². The molecular weight excluding hydrogens is 480 g/mol. The Morgan fingerprint density at radius 1 is 1.19 bits per heavy atom. The number of nitrogens with zero attached hydrogens (tertiary/aromatic N) is 1. The summed E-state index contributed by atoms with van der Waals surface area (Å²) in [6.07, 6.45) is 17.5. The molecule has 0 aromatic carbocycles. The molecule has 1 saturated heterocycles. The van der Waals surface area contributed by atoms with Crippen LogP contribution in [0, 0.1) is 23.2 Å². The van der Waals surface area contributed by atoms with Gasteiger partial charge >= 0.3 is 0 Å². The highest BCUT2D eigenvalue weighted by Crippen LogP contribution is 2.44. The number of hydrogen-bond donors (Lipinski definition) is 1. The van der Waals surface area contributed by atoms with Gasteiger partial charge in [-0.1, -0.05) is 76.1 Å². The summed E-state index contributed by atoms with van der Waals surface area (Å²) in [7, 11) is 1.80. The zero-order chi connectivity index (χ0) is 22.3. The largest absolute Gasteiger partial charge is 0.412 e. The Morgan fingerprint density at radius 2 is 1.92 bits per heavy atom. The van der Waals surface area contributed by atoms with Gasteiger partial charge < -0.3 is 36.9 Å². The van der Waals surface area contributed by atoms with E-state index in [1.165, 1.54) is 57.3 Å². The van der Waals surface area contributed by atoms with Crippen LogP contribution in [0.2, 0.25) is 0 Å². The summed E-state index contributed by atoms with van der Waals surface area (Å²) >= 11 is 6.24. The Morgan fingerprint density at radius 3 is 2.50 bits per heavy atom. The van der Waals surface area contributed by atoms with Crippen molar-refractivity contribution >= 4 is 11.6 Å². The van der Waals surface area contributed by atoms with Crippen molar-refractivity contribution in [1.29, 1.82) is 0 Å². The number of likely N-dealkylation sites (tertiary alicyclic amines) is 1. The van der Waals surface area contributed by atoms with Gasteiger partial charge in [-0.3, -0.25) is 0 Å². The fraction of sp³-hybridized carbons (Fsp3) is 0.786. The number of halogens is 1. The van der Waals surface area contributed by atoms with Gasteiger partial charge in [0, 0.05) is 43.7 Å². The summed E-state index contributed by atoms with van der Waals surface area (Å²) in [5, 5.41) is 4.98. The molecule has 2 aliphatic carbocycles. The van der Waals surface area contributed by atoms with Gasteiger partial charge in [0.15, 0.2) is 0 Å². The molecule has 0 bridgehead atoms. The number of allylic oxidation sites excluding steroid dienone is 4. The van der Waals surface area contributed by atoms with Gasteiger partial charge in [0.25, 0.3) is 0 Å². The van der Waals surface area contributed by atoms with E-state index >= 15 is 0 Å². The lowest BCUT2D eigenvalue weighted by Crippen LogP contribution is -2.52. The third-order valence-corrected chi connectivity index (χ3v) is 8.05. The minimum absolute atomic E-state index is 0. The summed E-state index contributed by atoms with van der Waals surface area (Å²) in [6, 6.07) is 0.571. The fourth-order valence-electron chi connectivity index (χ4n) is 6.18. The third-order valence-electron chi connectivity index (χ3n) is 7.71. The smallest absolute Gasteiger partial charge is 0.0528 e. The minimum atomic E-state index is 0. The van der Waals surface area contributed by atoms with Crippen LogP contribution in [0.3, 0.4) is 0 Å². The highest BCUT2D eigenvalue weighted by Gasteiger charge is 2.40. The number of hydrogen-bond acceptors (Lipinski definition) is 3. The molecule has 1 heterocycles. The normalized spacial score (nSPS) is 25.9. The second-order valence-corrected chi connectivity index (χ2v) is 11.3. The zero-order valence-electron chi connectivity index (χ0n) is 22.3. The van der Waals surface area contributed by atoms with Gasteiger partial charge in [0.05, 0.1) is 6.61 Å². The van der Waals surface area contributed by atoms with Crippen LogP contribution < -0.4 is 5.32 Å². The number of piperidine rings is 1. The second-order valence-electron chi connectivity index (χ2n) is 10.8. The Labute approximate surface area is 225 Å². The number of nitrogens with one attached hydrogen (secondary N) is 1. The van der Waals surface area contributed by atoms with Crippen LogP contribution >= 0.6 is 11.6 Å². The molecule has 3 unspecified atom stereocenters. The van der Waals surface area contributed by atoms with Crippen LogP contribution in [0.15, 0.2) is 34.9 Å². The van der Waals surface area contributed by atoms with E-state index in [1.54, 1.807) is 7.11 Å². The zero-order valence-corrected chi connectivity index (χ0v) is 23.1. The van der Waals surface area contributed by atoms with E-state index in [9.17, 15) is 0 Å². The van der Waals surface area contributed by atoms with Crippen molar-refractivity contribution in [1.82, 2.24) is 10.2 Å². The van der Waals surface area contributed by atoms with Crippen molar-refractivity contribution in [2.75, 3.05) is 39.9 Å². The van der Waals surface area contributed by atoms with E-state index in [0.29, 0.717) is 17.4 Å². The van der Waals surface area contributed by atoms with Crippen LogP contribution in [0.4, 0.5) is 0 Å². The first-order valence-electron chi connectivity index (χ1n) is 12.6. The molecule has 0 spiro atoms. The number of methoxy groups -OCH3 is 1. The molecule has 4 atom stereocenters. The molecule has 216 valence electrons. The van der Waals surface area contributed by atoms with Crippen molar-refractivity contribution in [3.05, 3.63) is 34.9 Å². The number of ether oxygens (including phenoxy) is 1. The van der Waals surface area contributed by atoms with Gasteiger partial charge in [0.2, 0.25) is 0 Å². The van der Waals surface area contributed by atoms with Crippen LogP contribution in [-0.2, 0) is 4.74 Å². The summed E-state index contributed by atoms with van der Waals surface area (Å²) in [6.45, 7) is 12.8. The molecule has 9 N–H and O–H groups in total. The van der Waals surface area contributed by atoms with Crippen molar-refractivity contribution in [3.63, 3.8) is 0 Å². The highest BCUT2D eigenvalue weighted by molar-refractivity contribution is 6.29. The van der Waals surface area contributed by atoms with E-state index in [1.807, 2.05) is 0 Å². The Bertz CT molecular complexity index is 668. The first kappa shape index (κ1) is 39.7. The molecular formula is C28H57ClN2O5. The van der Waals surface area contributed by atoms with Gasteiger partial charge in [-0.2, -0.15) is 0 Å². The van der Waals surface area contributed by atoms with Crippen LogP contribution in [0.5, 0.6) is 0 Å². The van der Waals surface area contributed by atoms with Crippen LogP contribution in [0.1, 0.15) is 73.1 Å². The van der Waals surface area contributed by atoms with Crippen LogP contribution in [-0.4, -0.2) is 72.7 Å². The Balaban J connectivity index is -0.00000218. The monoisotopic (exact) mass is 536 g/mol. The maximum atomic E-state index is 6.24. The molecule has 0 radical (unpaired) electrons. The molecule has 0 aromatic heterocycles. The SMILES string of the molecule is C.CCC[C@H](CN1CCC(C2CC=C(Cl)CC2)C(C)(C)C1)NCC1=CC=CC(COC)C1.O.O.O.O. The molecule has 0 amide bonds. The lowest BCUT2D eigenvalue weighted by molar-refractivity contribution is 0.0138. The first-order valence-corrected chi connectivity index (χ1v) is 12.9. The average molecular weight is 537 g/mol. The molecule has 36 heavy (non-hydrogen) atoms. The van der Waals surface area contributed by atoms with Gasteiger partial charge in [-0.05, 0) is 62.3 Å². The van der Waals surface area contributed by atoms with E-state index in [4.69, 9.17) is 16.3 Å². The maximum Gasteiger partial charge on any atom is 0.0528 e. The quantitative estimate of drug-likeness (QED) is 0.454. The van der Waals surface area contributed by atoms with Gasteiger partial charge in [-0.15, -0.1) is 0 Å². The van der Waals surface area contributed by atoms with E-state index in [2.05, 4.69) is 55.3 Å². The summed E-state index contributed by atoms with van der Waals surface area (Å²) in [4.78, 5) is 2.73. The first-order chi connectivity index (χ1) is 14.9. The van der Waals surface area contributed by atoms with E-state index in [0.717, 1.165) is 42.9 Å². The maximum absolute atomic E-state index is 6.24.